The lowest BCUT2D eigenvalue weighted by Gasteiger charge is -2.21. The number of nitro groups is 1. The van der Waals surface area contributed by atoms with Gasteiger partial charge in [-0.05, 0) is 30.4 Å². The Labute approximate surface area is 117 Å². The number of benzene rings is 1. The Hall–Kier alpha value is -2.47. The molecule has 0 aromatic heterocycles. The van der Waals surface area contributed by atoms with E-state index in [0.717, 1.165) is 0 Å². The summed E-state index contributed by atoms with van der Waals surface area (Å²) < 4.78 is 0. The molecule has 1 unspecified atom stereocenters. The van der Waals surface area contributed by atoms with Crippen molar-refractivity contribution in [1.29, 1.82) is 0 Å². The number of halogens is 1. The Morgan fingerprint density at radius 1 is 1.40 bits per heavy atom. The van der Waals surface area contributed by atoms with E-state index >= 15 is 0 Å². The normalized spacial score (nSPS) is 20.4. The fourth-order valence-corrected chi connectivity index (χ4v) is 2.46. The van der Waals surface area contributed by atoms with Crippen molar-refractivity contribution in [3.8, 4) is 5.75 Å². The van der Waals surface area contributed by atoms with Gasteiger partial charge in [-0.1, -0.05) is 11.6 Å². The van der Waals surface area contributed by atoms with Gasteiger partial charge >= 0.3 is 0 Å². The molecule has 1 aromatic carbocycles. The number of rotatable bonds is 1. The van der Waals surface area contributed by atoms with Crippen molar-refractivity contribution in [1.82, 2.24) is 0 Å². The molecule has 7 heteroatoms. The molecule has 1 aliphatic heterocycles. The largest absolute Gasteiger partial charge is 0.508 e. The number of carbonyl (C=O) groups is 1. The van der Waals surface area contributed by atoms with Crippen LogP contribution in [0, 0.1) is 10.1 Å². The van der Waals surface area contributed by atoms with Gasteiger partial charge in [-0.2, -0.15) is 0 Å². The smallest absolute Gasteiger partial charge is 0.274 e. The minimum absolute atomic E-state index is 0.0222. The number of aliphatic imine (C=N–C) groups is 1. The van der Waals surface area contributed by atoms with Gasteiger partial charge < -0.3 is 5.11 Å². The summed E-state index contributed by atoms with van der Waals surface area (Å²) in [5.41, 5.74) is 0.525. The zero-order valence-corrected chi connectivity index (χ0v) is 10.7. The van der Waals surface area contributed by atoms with Gasteiger partial charge in [0.2, 0.25) is 0 Å². The quantitative estimate of drug-likeness (QED) is 0.634. The molecule has 0 spiro atoms. The van der Waals surface area contributed by atoms with E-state index < -0.39 is 16.7 Å². The van der Waals surface area contributed by atoms with Gasteiger partial charge in [0.25, 0.3) is 6.04 Å². The summed E-state index contributed by atoms with van der Waals surface area (Å²) in [5, 5.41) is 20.6. The van der Waals surface area contributed by atoms with Crippen molar-refractivity contribution in [2.24, 2.45) is 4.99 Å². The Morgan fingerprint density at radius 3 is 2.85 bits per heavy atom. The highest BCUT2D eigenvalue weighted by Crippen LogP contribution is 2.36. The van der Waals surface area contributed by atoms with E-state index in [4.69, 9.17) is 11.6 Å². The third-order valence-electron chi connectivity index (χ3n) is 3.12. The minimum atomic E-state index is -1.20. The first kappa shape index (κ1) is 12.6. The number of Topliss-reactive ketones (excluding diaryl/α,β-unsaturated/α-hetero) is 1. The summed E-state index contributed by atoms with van der Waals surface area (Å²) in [6, 6.07) is 2.88. The molecule has 1 atom stereocenters. The molecular formula is C13H7ClN2O4. The van der Waals surface area contributed by atoms with E-state index in [-0.39, 0.29) is 33.3 Å². The number of hydrogen-bond donors (Lipinski definition) is 1. The lowest BCUT2D eigenvalue weighted by atomic mass is 9.88. The standard InChI is InChI=1S/C13H7ClN2O4/c14-8-2-4-10(16(19)20)12-11(8)13(18)7-5-6(17)1-3-9(7)15-12/h1-5,10,17H. The summed E-state index contributed by atoms with van der Waals surface area (Å²) in [6.07, 6.45) is 2.62. The van der Waals surface area contributed by atoms with Crippen LogP contribution < -0.4 is 0 Å². The number of aromatic hydroxyl groups is 1. The van der Waals surface area contributed by atoms with Crippen molar-refractivity contribution in [2.75, 3.05) is 0 Å². The average molecular weight is 291 g/mol. The molecule has 6 nitrogen and oxygen atoms in total. The Morgan fingerprint density at radius 2 is 2.15 bits per heavy atom. The predicted octanol–water partition coefficient (Wildman–Crippen LogP) is 2.37. The summed E-state index contributed by atoms with van der Waals surface area (Å²) in [7, 11) is 0. The molecule has 1 aromatic rings. The molecule has 1 aliphatic carbocycles. The van der Waals surface area contributed by atoms with E-state index in [1.165, 1.54) is 30.4 Å². The highest BCUT2D eigenvalue weighted by Gasteiger charge is 2.39. The van der Waals surface area contributed by atoms with Crippen molar-refractivity contribution < 1.29 is 14.8 Å². The molecule has 1 N–H and O–H groups in total. The van der Waals surface area contributed by atoms with Crippen molar-refractivity contribution in [3.05, 3.63) is 56.6 Å². The van der Waals surface area contributed by atoms with Gasteiger partial charge in [0, 0.05) is 4.92 Å². The molecule has 3 rings (SSSR count). The molecule has 0 radical (unpaired) electrons. The number of nitrogens with zero attached hydrogens (tertiary/aromatic N) is 2. The van der Waals surface area contributed by atoms with Gasteiger partial charge in [-0.3, -0.25) is 14.9 Å². The molecular weight excluding hydrogens is 284 g/mol. The molecule has 0 saturated heterocycles. The topological polar surface area (TPSA) is 92.8 Å². The zero-order valence-electron chi connectivity index (χ0n) is 9.91. The third kappa shape index (κ3) is 1.73. The minimum Gasteiger partial charge on any atom is -0.508 e. The highest BCUT2D eigenvalue weighted by atomic mass is 35.5. The predicted molar refractivity (Wildman–Crippen MR) is 72.3 cm³/mol. The van der Waals surface area contributed by atoms with Crippen LogP contribution in [0.25, 0.3) is 0 Å². The molecule has 100 valence electrons. The van der Waals surface area contributed by atoms with Crippen LogP contribution in [0.4, 0.5) is 5.69 Å². The first-order valence-electron chi connectivity index (χ1n) is 5.67. The number of allylic oxidation sites excluding steroid dienone is 2. The first-order chi connectivity index (χ1) is 9.49. The van der Waals surface area contributed by atoms with E-state index in [0.29, 0.717) is 0 Å². The van der Waals surface area contributed by atoms with Crippen LogP contribution in [0.1, 0.15) is 10.4 Å². The lowest BCUT2D eigenvalue weighted by Crippen LogP contribution is -2.35. The van der Waals surface area contributed by atoms with Crippen LogP contribution in [0.5, 0.6) is 5.75 Å². The summed E-state index contributed by atoms with van der Waals surface area (Å²) in [4.78, 5) is 27.1. The molecule has 2 aliphatic rings. The third-order valence-corrected chi connectivity index (χ3v) is 3.43. The van der Waals surface area contributed by atoms with Crippen LogP contribution >= 0.6 is 11.6 Å². The van der Waals surface area contributed by atoms with Crippen molar-refractivity contribution >= 4 is 28.8 Å². The fraction of sp³-hybridized carbons (Fsp3) is 0.0769. The van der Waals surface area contributed by atoms with Gasteiger partial charge in [0.1, 0.15) is 11.5 Å². The Bertz CT molecular complexity index is 749. The highest BCUT2D eigenvalue weighted by molar-refractivity contribution is 6.43. The number of phenolic OH excluding ortho intramolecular Hbond substituents is 1. The second kappa shape index (κ2) is 4.28. The van der Waals surface area contributed by atoms with E-state index in [2.05, 4.69) is 4.99 Å². The van der Waals surface area contributed by atoms with E-state index in [1.807, 2.05) is 0 Å². The molecule has 0 amide bonds. The number of fused-ring (bicyclic) bond motifs is 2. The van der Waals surface area contributed by atoms with Gasteiger partial charge in [-0.15, -0.1) is 0 Å². The fourth-order valence-electron chi connectivity index (χ4n) is 2.21. The number of ketones is 1. The monoisotopic (exact) mass is 290 g/mol. The number of phenols is 1. The van der Waals surface area contributed by atoms with Crippen molar-refractivity contribution in [2.45, 2.75) is 6.04 Å². The molecule has 0 saturated carbocycles. The molecule has 1 heterocycles. The maximum atomic E-state index is 12.4. The second-order valence-electron chi connectivity index (χ2n) is 4.34. The van der Waals surface area contributed by atoms with E-state index in [1.54, 1.807) is 0 Å². The lowest BCUT2D eigenvalue weighted by molar-refractivity contribution is -0.490. The summed E-state index contributed by atoms with van der Waals surface area (Å²) in [5.74, 6) is -0.549. The zero-order chi connectivity index (χ0) is 14.4. The molecule has 0 bridgehead atoms. The van der Waals surface area contributed by atoms with Gasteiger partial charge in [-0.25, -0.2) is 4.99 Å². The number of hydrogen-bond acceptors (Lipinski definition) is 5. The molecule has 0 fully saturated rings. The van der Waals surface area contributed by atoms with Crippen LogP contribution in [0.3, 0.4) is 0 Å². The van der Waals surface area contributed by atoms with E-state index in [9.17, 15) is 20.0 Å². The van der Waals surface area contributed by atoms with Gasteiger partial charge in [0.15, 0.2) is 5.78 Å². The first-order valence-corrected chi connectivity index (χ1v) is 6.05. The second-order valence-corrected chi connectivity index (χ2v) is 4.75. The van der Waals surface area contributed by atoms with Gasteiger partial charge in [0.05, 0.1) is 21.9 Å². The summed E-state index contributed by atoms with van der Waals surface area (Å²) in [6.45, 7) is 0. The maximum absolute atomic E-state index is 12.4. The average Bonchev–Trinajstić information content (AvgIpc) is 2.39. The van der Waals surface area contributed by atoms with Crippen LogP contribution in [0.15, 0.2) is 45.9 Å². The molecule has 20 heavy (non-hydrogen) atoms. The maximum Gasteiger partial charge on any atom is 0.274 e. The number of carbonyl (C=O) groups excluding carboxylic acids is 1. The Balaban J connectivity index is 2.27. The Kier molecular flexibility index (Phi) is 2.69. The SMILES string of the molecule is O=C1C2=C(Cl)C=CC([N+](=O)[O-])C2=Nc2ccc(O)cc21. The van der Waals surface area contributed by atoms with Crippen LogP contribution in [-0.2, 0) is 0 Å². The van der Waals surface area contributed by atoms with Crippen molar-refractivity contribution in [3.63, 3.8) is 0 Å². The van der Waals surface area contributed by atoms with Crippen LogP contribution in [0.2, 0.25) is 0 Å². The van der Waals surface area contributed by atoms with Crippen LogP contribution in [-0.4, -0.2) is 27.6 Å². The summed E-state index contributed by atoms with van der Waals surface area (Å²) >= 11 is 5.97.